The van der Waals surface area contributed by atoms with Crippen molar-refractivity contribution in [3.8, 4) is 17.1 Å². The first-order chi connectivity index (χ1) is 10.0. The minimum Gasteiger partial charge on any atom is -0.494 e. The molecule has 6 nitrogen and oxygen atoms in total. The molecule has 1 heterocycles. The monoisotopic (exact) mass is 312 g/mol. The zero-order valence-electron chi connectivity index (χ0n) is 11.5. The SMILES string of the molecule is CCC(O)Nc1nc(Cl)nc(-c2cccc(OC)c2F)n1. The van der Waals surface area contributed by atoms with Gasteiger partial charge in [0.15, 0.2) is 17.4 Å². The number of aliphatic hydroxyl groups is 1. The van der Waals surface area contributed by atoms with Crippen LogP contribution in [-0.4, -0.2) is 33.4 Å². The van der Waals surface area contributed by atoms with Gasteiger partial charge in [-0.25, -0.2) is 4.39 Å². The van der Waals surface area contributed by atoms with Gasteiger partial charge in [-0.2, -0.15) is 15.0 Å². The van der Waals surface area contributed by atoms with Gasteiger partial charge in [-0.05, 0) is 30.2 Å². The third-order valence-corrected chi connectivity index (χ3v) is 2.88. The molecule has 0 bridgehead atoms. The normalized spacial score (nSPS) is 12.0. The quantitative estimate of drug-likeness (QED) is 0.826. The van der Waals surface area contributed by atoms with Gasteiger partial charge in [0.05, 0.1) is 12.7 Å². The molecule has 21 heavy (non-hydrogen) atoms. The number of anilines is 1. The van der Waals surface area contributed by atoms with Crippen LogP contribution in [-0.2, 0) is 0 Å². The summed E-state index contributed by atoms with van der Waals surface area (Å²) in [6.45, 7) is 1.78. The number of methoxy groups -OCH3 is 1. The maximum Gasteiger partial charge on any atom is 0.229 e. The summed E-state index contributed by atoms with van der Waals surface area (Å²) < 4.78 is 19.1. The van der Waals surface area contributed by atoms with Crippen LogP contribution in [0.25, 0.3) is 11.4 Å². The number of hydrogen-bond acceptors (Lipinski definition) is 6. The van der Waals surface area contributed by atoms with Crippen molar-refractivity contribution in [2.75, 3.05) is 12.4 Å². The summed E-state index contributed by atoms with van der Waals surface area (Å²) in [6.07, 6.45) is -0.377. The average molecular weight is 313 g/mol. The summed E-state index contributed by atoms with van der Waals surface area (Å²) in [5, 5.41) is 12.1. The molecular formula is C13H14ClFN4O2. The van der Waals surface area contributed by atoms with Crippen molar-refractivity contribution < 1.29 is 14.2 Å². The van der Waals surface area contributed by atoms with Crippen LogP contribution in [0.1, 0.15) is 13.3 Å². The maximum absolute atomic E-state index is 14.2. The highest BCUT2D eigenvalue weighted by Gasteiger charge is 2.15. The van der Waals surface area contributed by atoms with E-state index in [4.69, 9.17) is 16.3 Å². The molecule has 0 amide bonds. The van der Waals surface area contributed by atoms with Gasteiger partial charge in [0.1, 0.15) is 6.23 Å². The molecule has 0 saturated carbocycles. The zero-order valence-corrected chi connectivity index (χ0v) is 12.2. The fourth-order valence-electron chi connectivity index (χ4n) is 1.63. The minimum absolute atomic E-state index is 0.0530. The van der Waals surface area contributed by atoms with Gasteiger partial charge in [-0.1, -0.05) is 13.0 Å². The average Bonchev–Trinajstić information content (AvgIpc) is 2.46. The van der Waals surface area contributed by atoms with E-state index >= 15 is 0 Å². The Labute approximate surface area is 126 Å². The molecule has 1 aromatic heterocycles. The molecule has 112 valence electrons. The van der Waals surface area contributed by atoms with Crippen LogP contribution in [0, 0.1) is 5.82 Å². The molecule has 2 N–H and O–H groups in total. The highest BCUT2D eigenvalue weighted by molar-refractivity contribution is 6.28. The molecule has 0 aliphatic heterocycles. The fourth-order valence-corrected chi connectivity index (χ4v) is 1.79. The Morgan fingerprint density at radius 2 is 2.14 bits per heavy atom. The van der Waals surface area contributed by atoms with Gasteiger partial charge in [0.25, 0.3) is 0 Å². The molecule has 1 aromatic carbocycles. The Morgan fingerprint density at radius 3 is 2.81 bits per heavy atom. The highest BCUT2D eigenvalue weighted by Crippen LogP contribution is 2.27. The Balaban J connectivity index is 2.44. The second kappa shape index (κ2) is 6.64. The van der Waals surface area contributed by atoms with Crippen LogP contribution in [0.15, 0.2) is 18.2 Å². The van der Waals surface area contributed by atoms with Gasteiger partial charge < -0.3 is 15.2 Å². The zero-order chi connectivity index (χ0) is 15.4. The van der Waals surface area contributed by atoms with Crippen LogP contribution >= 0.6 is 11.6 Å². The molecule has 2 aromatic rings. The second-order valence-corrected chi connectivity index (χ2v) is 4.48. The predicted octanol–water partition coefficient (Wildman–Crippen LogP) is 2.48. The van der Waals surface area contributed by atoms with E-state index in [-0.39, 0.29) is 28.4 Å². The lowest BCUT2D eigenvalue weighted by Gasteiger charge is -2.11. The Bertz CT molecular complexity index is 642. The van der Waals surface area contributed by atoms with E-state index in [1.54, 1.807) is 13.0 Å². The van der Waals surface area contributed by atoms with E-state index in [9.17, 15) is 9.50 Å². The summed E-state index contributed by atoms with van der Waals surface area (Å²) in [6, 6.07) is 4.61. The van der Waals surface area contributed by atoms with Crippen molar-refractivity contribution in [2.24, 2.45) is 0 Å². The standard InChI is InChI=1S/C13H14ClFN4O2/c1-3-9(20)16-13-18-11(17-12(14)19-13)7-5-4-6-8(21-2)10(7)15/h4-6,9,20H,3H2,1-2H3,(H,16,17,18,19). The molecule has 0 spiro atoms. The number of nitrogens with one attached hydrogen (secondary N) is 1. The number of nitrogens with zero attached hydrogens (tertiary/aromatic N) is 3. The number of hydrogen-bond donors (Lipinski definition) is 2. The summed E-state index contributed by atoms with van der Waals surface area (Å²) in [5.41, 5.74) is 0.132. The molecule has 8 heteroatoms. The van der Waals surface area contributed by atoms with E-state index in [2.05, 4.69) is 20.3 Å². The maximum atomic E-state index is 14.2. The van der Waals surface area contributed by atoms with E-state index in [0.29, 0.717) is 6.42 Å². The van der Waals surface area contributed by atoms with Crippen molar-refractivity contribution in [2.45, 2.75) is 19.6 Å². The molecule has 2 rings (SSSR count). The van der Waals surface area contributed by atoms with Gasteiger partial charge in [0, 0.05) is 0 Å². The molecule has 0 saturated heterocycles. The Morgan fingerprint density at radius 1 is 1.38 bits per heavy atom. The largest absolute Gasteiger partial charge is 0.494 e. The summed E-state index contributed by atoms with van der Waals surface area (Å²) in [7, 11) is 1.37. The topological polar surface area (TPSA) is 80.2 Å². The summed E-state index contributed by atoms with van der Waals surface area (Å²) >= 11 is 5.81. The minimum atomic E-state index is -0.827. The Hall–Kier alpha value is -1.99. The van der Waals surface area contributed by atoms with Crippen LogP contribution in [0.2, 0.25) is 5.28 Å². The summed E-state index contributed by atoms with van der Waals surface area (Å²) in [4.78, 5) is 11.8. The van der Waals surface area contributed by atoms with Gasteiger partial charge in [-0.15, -0.1) is 0 Å². The first-order valence-electron chi connectivity index (χ1n) is 6.24. The first kappa shape index (κ1) is 15.4. The van der Waals surface area contributed by atoms with Crippen molar-refractivity contribution in [1.29, 1.82) is 0 Å². The van der Waals surface area contributed by atoms with E-state index in [1.165, 1.54) is 19.2 Å². The third kappa shape index (κ3) is 3.56. The van der Waals surface area contributed by atoms with Gasteiger partial charge >= 0.3 is 0 Å². The molecule has 0 radical (unpaired) electrons. The van der Waals surface area contributed by atoms with Crippen molar-refractivity contribution in [1.82, 2.24) is 15.0 Å². The predicted molar refractivity (Wildman–Crippen MR) is 76.7 cm³/mol. The van der Waals surface area contributed by atoms with E-state index in [0.717, 1.165) is 0 Å². The number of benzene rings is 1. The third-order valence-electron chi connectivity index (χ3n) is 2.71. The number of aromatic nitrogens is 3. The lowest BCUT2D eigenvalue weighted by Crippen LogP contribution is -2.19. The highest BCUT2D eigenvalue weighted by atomic mass is 35.5. The smallest absolute Gasteiger partial charge is 0.229 e. The number of rotatable bonds is 5. The van der Waals surface area contributed by atoms with Crippen molar-refractivity contribution in [3.63, 3.8) is 0 Å². The molecule has 0 aliphatic carbocycles. The van der Waals surface area contributed by atoms with E-state index < -0.39 is 12.0 Å². The fraction of sp³-hybridized carbons (Fsp3) is 0.308. The molecular weight excluding hydrogens is 299 g/mol. The number of halogens is 2. The van der Waals surface area contributed by atoms with Gasteiger partial charge in [0.2, 0.25) is 11.2 Å². The molecule has 0 fully saturated rings. The Kier molecular flexibility index (Phi) is 4.87. The van der Waals surface area contributed by atoms with Crippen molar-refractivity contribution in [3.05, 3.63) is 29.3 Å². The number of ether oxygens (including phenoxy) is 1. The van der Waals surface area contributed by atoms with Gasteiger partial charge in [-0.3, -0.25) is 0 Å². The van der Waals surface area contributed by atoms with E-state index in [1.807, 2.05) is 0 Å². The number of aliphatic hydroxyl groups excluding tert-OH is 1. The van der Waals surface area contributed by atoms with Crippen LogP contribution in [0.5, 0.6) is 5.75 Å². The lowest BCUT2D eigenvalue weighted by atomic mass is 10.2. The lowest BCUT2D eigenvalue weighted by molar-refractivity contribution is 0.198. The molecule has 0 aliphatic rings. The molecule has 1 atom stereocenters. The molecule has 1 unspecified atom stereocenters. The second-order valence-electron chi connectivity index (χ2n) is 4.14. The first-order valence-corrected chi connectivity index (χ1v) is 6.62. The van der Waals surface area contributed by atoms with Crippen LogP contribution in [0.3, 0.4) is 0 Å². The van der Waals surface area contributed by atoms with Crippen LogP contribution in [0.4, 0.5) is 10.3 Å². The van der Waals surface area contributed by atoms with Crippen molar-refractivity contribution >= 4 is 17.5 Å². The van der Waals surface area contributed by atoms with Crippen LogP contribution < -0.4 is 10.1 Å². The summed E-state index contributed by atoms with van der Waals surface area (Å²) in [5.74, 6) is -0.393.